The maximum atomic E-state index is 12.6. The topological polar surface area (TPSA) is 77.8 Å². The highest BCUT2D eigenvalue weighted by atomic mass is 16.1. The molecule has 1 heterocycles. The van der Waals surface area contributed by atoms with Crippen LogP contribution in [0.3, 0.4) is 0 Å². The van der Waals surface area contributed by atoms with Crippen LogP contribution in [0.5, 0.6) is 0 Å². The summed E-state index contributed by atoms with van der Waals surface area (Å²) < 4.78 is 0. The maximum Gasteiger partial charge on any atom is 0.257 e. The minimum Gasteiger partial charge on any atom is -0.354 e. The van der Waals surface area contributed by atoms with E-state index in [0.29, 0.717) is 16.8 Å². The van der Waals surface area contributed by atoms with E-state index in [-0.39, 0.29) is 11.3 Å². The summed E-state index contributed by atoms with van der Waals surface area (Å²) in [5, 5.41) is 15.1. The number of aromatic nitrogens is 1. The summed E-state index contributed by atoms with van der Waals surface area (Å²) in [5.41, 5.74) is 4.44. The zero-order valence-corrected chi connectivity index (χ0v) is 16.2. The summed E-state index contributed by atoms with van der Waals surface area (Å²) in [4.78, 5) is 16.7. The van der Waals surface area contributed by atoms with Crippen LogP contribution in [0.1, 0.15) is 42.3 Å². The Balaban J connectivity index is 1.72. The first-order chi connectivity index (χ1) is 13.3. The van der Waals surface area contributed by atoms with Crippen LogP contribution >= 0.6 is 0 Å². The van der Waals surface area contributed by atoms with E-state index in [2.05, 4.69) is 42.5 Å². The van der Waals surface area contributed by atoms with Gasteiger partial charge in [0.05, 0.1) is 29.1 Å². The van der Waals surface area contributed by atoms with Gasteiger partial charge >= 0.3 is 0 Å². The second-order valence-corrected chi connectivity index (χ2v) is 7.56. The van der Waals surface area contributed by atoms with Gasteiger partial charge in [-0.25, -0.2) is 0 Å². The van der Waals surface area contributed by atoms with Crippen LogP contribution < -0.4 is 10.6 Å². The van der Waals surface area contributed by atoms with E-state index < -0.39 is 0 Å². The van der Waals surface area contributed by atoms with Crippen LogP contribution in [0.15, 0.2) is 67.0 Å². The van der Waals surface area contributed by atoms with Crippen molar-refractivity contribution in [2.24, 2.45) is 0 Å². The molecule has 5 nitrogen and oxygen atoms in total. The van der Waals surface area contributed by atoms with Crippen LogP contribution in [0.25, 0.3) is 0 Å². The summed E-state index contributed by atoms with van der Waals surface area (Å²) in [6.07, 6.45) is 3.16. The first-order valence-electron chi connectivity index (χ1n) is 8.99. The predicted molar refractivity (Wildman–Crippen MR) is 112 cm³/mol. The quantitative estimate of drug-likeness (QED) is 0.658. The Hall–Kier alpha value is -3.65. The molecule has 0 aliphatic heterocycles. The van der Waals surface area contributed by atoms with Crippen molar-refractivity contribution in [2.75, 3.05) is 10.6 Å². The second-order valence-electron chi connectivity index (χ2n) is 7.56. The third-order valence-electron chi connectivity index (χ3n) is 4.29. The monoisotopic (exact) mass is 370 g/mol. The van der Waals surface area contributed by atoms with Gasteiger partial charge in [0.1, 0.15) is 0 Å². The van der Waals surface area contributed by atoms with Gasteiger partial charge in [-0.3, -0.25) is 9.78 Å². The Bertz CT molecular complexity index is 1030. The van der Waals surface area contributed by atoms with Crippen LogP contribution in [0.2, 0.25) is 0 Å². The predicted octanol–water partition coefficient (Wildman–Crippen LogP) is 5.25. The van der Waals surface area contributed by atoms with Crippen molar-refractivity contribution in [1.82, 2.24) is 4.98 Å². The molecule has 0 aliphatic rings. The van der Waals surface area contributed by atoms with Crippen molar-refractivity contribution < 1.29 is 4.79 Å². The fourth-order valence-corrected chi connectivity index (χ4v) is 2.72. The number of hydrogen-bond donors (Lipinski definition) is 2. The van der Waals surface area contributed by atoms with E-state index in [1.807, 2.05) is 30.3 Å². The van der Waals surface area contributed by atoms with Crippen LogP contribution in [0.4, 0.5) is 17.1 Å². The molecule has 5 heteroatoms. The van der Waals surface area contributed by atoms with Gasteiger partial charge in [0.25, 0.3) is 5.91 Å². The molecule has 0 saturated heterocycles. The van der Waals surface area contributed by atoms with Gasteiger partial charge in [-0.1, -0.05) is 39.0 Å². The molecule has 1 aromatic heterocycles. The molecule has 28 heavy (non-hydrogen) atoms. The molecule has 0 bridgehead atoms. The normalized spacial score (nSPS) is 10.8. The molecule has 2 N–H and O–H groups in total. The van der Waals surface area contributed by atoms with E-state index >= 15 is 0 Å². The van der Waals surface area contributed by atoms with Crippen molar-refractivity contribution in [3.8, 4) is 6.07 Å². The highest BCUT2D eigenvalue weighted by Gasteiger charge is 2.14. The number of benzene rings is 2. The van der Waals surface area contributed by atoms with E-state index in [1.165, 1.54) is 11.8 Å². The summed E-state index contributed by atoms with van der Waals surface area (Å²) in [5.74, 6) is -0.231. The average molecular weight is 370 g/mol. The third kappa shape index (κ3) is 4.74. The minimum atomic E-state index is -0.231. The number of nitrogens with zero attached hydrogens (tertiary/aromatic N) is 2. The molecular formula is C23H22N4O. The number of anilines is 3. The maximum absolute atomic E-state index is 12.6. The molecule has 3 aromatic rings. The van der Waals surface area contributed by atoms with Gasteiger partial charge in [-0.05, 0) is 47.4 Å². The number of amides is 1. The molecule has 0 aliphatic carbocycles. The fraction of sp³-hybridized carbons (Fsp3) is 0.174. The molecule has 0 atom stereocenters. The molecule has 3 rings (SSSR count). The lowest BCUT2D eigenvalue weighted by atomic mass is 9.87. The SMILES string of the molecule is CC(C)(C)c1ccc(NC(=O)c2cncc(Nc3cccc(C#N)c3)c2)cc1. The first kappa shape index (κ1) is 19.1. The Morgan fingerprint density at radius 1 is 0.964 bits per heavy atom. The zero-order chi connectivity index (χ0) is 20.1. The second kappa shape index (κ2) is 7.93. The van der Waals surface area contributed by atoms with Gasteiger partial charge in [0.2, 0.25) is 0 Å². The average Bonchev–Trinajstić information content (AvgIpc) is 2.68. The van der Waals surface area contributed by atoms with Crippen molar-refractivity contribution in [1.29, 1.82) is 5.26 Å². The standard InChI is InChI=1S/C23H22N4O/c1-23(2,3)18-7-9-19(10-8-18)27-22(28)17-12-21(15-25-14-17)26-20-6-4-5-16(11-20)13-24/h4-12,14-15,26H,1-3H3,(H,27,28). The van der Waals surface area contributed by atoms with Crippen LogP contribution in [0, 0.1) is 11.3 Å². The number of nitriles is 1. The summed E-state index contributed by atoms with van der Waals surface area (Å²) in [7, 11) is 0. The van der Waals surface area contributed by atoms with Gasteiger partial charge in [0.15, 0.2) is 0 Å². The highest BCUT2D eigenvalue weighted by molar-refractivity contribution is 6.04. The number of nitrogens with one attached hydrogen (secondary N) is 2. The molecule has 2 aromatic carbocycles. The molecule has 1 amide bonds. The Labute approximate surface area is 165 Å². The lowest BCUT2D eigenvalue weighted by Gasteiger charge is -2.19. The number of carbonyl (C=O) groups is 1. The molecular weight excluding hydrogens is 348 g/mol. The smallest absolute Gasteiger partial charge is 0.257 e. The minimum absolute atomic E-state index is 0.0648. The van der Waals surface area contributed by atoms with Crippen LogP contribution in [-0.2, 0) is 5.41 Å². The third-order valence-corrected chi connectivity index (χ3v) is 4.29. The molecule has 0 unspecified atom stereocenters. The van der Waals surface area contributed by atoms with Crippen LogP contribution in [-0.4, -0.2) is 10.9 Å². The first-order valence-corrected chi connectivity index (χ1v) is 8.99. The van der Waals surface area contributed by atoms with Crippen molar-refractivity contribution in [3.05, 3.63) is 83.7 Å². The lowest BCUT2D eigenvalue weighted by Crippen LogP contribution is -2.14. The molecule has 0 spiro atoms. The van der Waals surface area contributed by atoms with E-state index in [0.717, 1.165) is 11.4 Å². The number of pyridine rings is 1. The van der Waals surface area contributed by atoms with Crippen molar-refractivity contribution >= 4 is 23.0 Å². The van der Waals surface area contributed by atoms with Gasteiger partial charge < -0.3 is 10.6 Å². The fourth-order valence-electron chi connectivity index (χ4n) is 2.72. The number of rotatable bonds is 4. The molecule has 0 saturated carbocycles. The Kier molecular flexibility index (Phi) is 5.42. The molecule has 0 fully saturated rings. The summed E-state index contributed by atoms with van der Waals surface area (Å²) >= 11 is 0. The van der Waals surface area contributed by atoms with Crippen molar-refractivity contribution in [2.45, 2.75) is 26.2 Å². The van der Waals surface area contributed by atoms with Gasteiger partial charge in [0, 0.05) is 17.6 Å². The highest BCUT2D eigenvalue weighted by Crippen LogP contribution is 2.24. The van der Waals surface area contributed by atoms with Gasteiger partial charge in [-0.2, -0.15) is 5.26 Å². The molecule has 140 valence electrons. The van der Waals surface area contributed by atoms with Crippen molar-refractivity contribution in [3.63, 3.8) is 0 Å². The Morgan fingerprint density at radius 2 is 1.71 bits per heavy atom. The largest absolute Gasteiger partial charge is 0.354 e. The van der Waals surface area contributed by atoms with E-state index in [4.69, 9.17) is 5.26 Å². The van der Waals surface area contributed by atoms with E-state index in [1.54, 1.807) is 30.5 Å². The summed E-state index contributed by atoms with van der Waals surface area (Å²) in [6, 6.07) is 18.8. The molecule has 0 radical (unpaired) electrons. The Morgan fingerprint density at radius 3 is 2.39 bits per heavy atom. The number of hydrogen-bond acceptors (Lipinski definition) is 4. The number of carbonyl (C=O) groups excluding carboxylic acids is 1. The lowest BCUT2D eigenvalue weighted by molar-refractivity contribution is 0.102. The zero-order valence-electron chi connectivity index (χ0n) is 16.2. The van der Waals surface area contributed by atoms with E-state index in [9.17, 15) is 4.79 Å². The van der Waals surface area contributed by atoms with Gasteiger partial charge in [-0.15, -0.1) is 0 Å². The summed E-state index contributed by atoms with van der Waals surface area (Å²) in [6.45, 7) is 6.45.